The summed E-state index contributed by atoms with van der Waals surface area (Å²) in [6.45, 7) is 5.18. The van der Waals surface area contributed by atoms with Crippen LogP contribution in [0.25, 0.3) is 0 Å². The van der Waals surface area contributed by atoms with Gasteiger partial charge in [0.1, 0.15) is 0 Å². The molecule has 0 spiro atoms. The van der Waals surface area contributed by atoms with Crippen LogP contribution < -0.4 is 0 Å². The van der Waals surface area contributed by atoms with Gasteiger partial charge in [-0.3, -0.25) is 4.99 Å². The summed E-state index contributed by atoms with van der Waals surface area (Å²) in [7, 11) is 1.36. The first-order valence-electron chi connectivity index (χ1n) is 3.13. The van der Waals surface area contributed by atoms with Crippen LogP contribution in [-0.2, 0) is 9.53 Å². The number of ether oxygens (including phenoxy) is 1. The number of rotatable bonds is 2. The van der Waals surface area contributed by atoms with Gasteiger partial charge in [-0.25, -0.2) is 4.79 Å². The third-order valence-electron chi connectivity index (χ3n) is 1.14. The Labute approximate surface area is 61.1 Å². The van der Waals surface area contributed by atoms with Crippen molar-refractivity contribution in [2.75, 3.05) is 7.11 Å². The highest BCUT2D eigenvalue weighted by molar-refractivity contribution is 5.81. The molecule has 0 bridgehead atoms. The Hall–Kier alpha value is -0.860. The summed E-state index contributed by atoms with van der Waals surface area (Å²) in [6, 6.07) is 0. The Kier molecular flexibility index (Phi) is 3.06. The SMILES string of the molecule is CC=NC(C)(C)C(=O)OC. The predicted molar refractivity (Wildman–Crippen MR) is 40.3 cm³/mol. The average Bonchev–Trinajstić information content (AvgIpc) is 1.86. The van der Waals surface area contributed by atoms with E-state index >= 15 is 0 Å². The van der Waals surface area contributed by atoms with Crippen molar-refractivity contribution >= 4 is 12.2 Å². The van der Waals surface area contributed by atoms with Crippen molar-refractivity contribution in [3.63, 3.8) is 0 Å². The van der Waals surface area contributed by atoms with E-state index in [1.54, 1.807) is 27.0 Å². The van der Waals surface area contributed by atoms with E-state index < -0.39 is 5.54 Å². The van der Waals surface area contributed by atoms with Crippen molar-refractivity contribution in [2.24, 2.45) is 4.99 Å². The van der Waals surface area contributed by atoms with Crippen molar-refractivity contribution < 1.29 is 9.53 Å². The Morgan fingerprint density at radius 3 is 2.40 bits per heavy atom. The molecule has 0 aliphatic carbocycles. The summed E-state index contributed by atoms with van der Waals surface area (Å²) >= 11 is 0. The van der Waals surface area contributed by atoms with Gasteiger partial charge in [-0.1, -0.05) is 0 Å². The van der Waals surface area contributed by atoms with Crippen LogP contribution in [0.2, 0.25) is 0 Å². The van der Waals surface area contributed by atoms with Gasteiger partial charge in [0.2, 0.25) is 0 Å². The zero-order valence-corrected chi connectivity index (χ0v) is 6.84. The fraction of sp³-hybridized carbons (Fsp3) is 0.714. The monoisotopic (exact) mass is 143 g/mol. The molecular weight excluding hydrogens is 130 g/mol. The highest BCUT2D eigenvalue weighted by Gasteiger charge is 2.26. The van der Waals surface area contributed by atoms with Gasteiger partial charge >= 0.3 is 5.97 Å². The molecule has 0 unspecified atom stereocenters. The van der Waals surface area contributed by atoms with Crippen LogP contribution >= 0.6 is 0 Å². The van der Waals surface area contributed by atoms with Gasteiger partial charge in [0.05, 0.1) is 7.11 Å². The van der Waals surface area contributed by atoms with Crippen LogP contribution in [-0.4, -0.2) is 24.8 Å². The molecule has 0 saturated carbocycles. The van der Waals surface area contributed by atoms with E-state index in [-0.39, 0.29) is 5.97 Å². The molecule has 0 aromatic heterocycles. The van der Waals surface area contributed by atoms with E-state index in [9.17, 15) is 4.79 Å². The molecule has 0 aromatic carbocycles. The summed E-state index contributed by atoms with van der Waals surface area (Å²) in [6.07, 6.45) is 1.59. The third-order valence-corrected chi connectivity index (χ3v) is 1.14. The molecule has 0 radical (unpaired) electrons. The number of hydrogen-bond donors (Lipinski definition) is 0. The quantitative estimate of drug-likeness (QED) is 0.427. The average molecular weight is 143 g/mol. The molecule has 3 nitrogen and oxygen atoms in total. The Morgan fingerprint density at radius 1 is 1.60 bits per heavy atom. The lowest BCUT2D eigenvalue weighted by Gasteiger charge is -2.14. The highest BCUT2D eigenvalue weighted by atomic mass is 16.5. The molecule has 0 N–H and O–H groups in total. The van der Waals surface area contributed by atoms with Gasteiger partial charge in [-0.15, -0.1) is 0 Å². The topological polar surface area (TPSA) is 38.7 Å². The van der Waals surface area contributed by atoms with Gasteiger partial charge in [-0.2, -0.15) is 0 Å². The molecule has 0 aromatic rings. The lowest BCUT2D eigenvalue weighted by atomic mass is 10.1. The smallest absolute Gasteiger partial charge is 0.333 e. The Bertz CT molecular complexity index is 150. The largest absolute Gasteiger partial charge is 0.467 e. The van der Waals surface area contributed by atoms with E-state index in [1.807, 2.05) is 0 Å². The molecule has 0 saturated heterocycles. The molecule has 0 aliphatic rings. The molecule has 0 aliphatic heterocycles. The van der Waals surface area contributed by atoms with E-state index in [4.69, 9.17) is 0 Å². The van der Waals surface area contributed by atoms with Crippen molar-refractivity contribution in [1.29, 1.82) is 0 Å². The van der Waals surface area contributed by atoms with Gasteiger partial charge in [0.25, 0.3) is 0 Å². The van der Waals surface area contributed by atoms with Crippen LogP contribution in [0.1, 0.15) is 20.8 Å². The molecule has 10 heavy (non-hydrogen) atoms. The first kappa shape index (κ1) is 9.14. The molecular formula is C7H13NO2. The van der Waals surface area contributed by atoms with E-state index in [0.717, 1.165) is 0 Å². The van der Waals surface area contributed by atoms with E-state index in [1.165, 1.54) is 7.11 Å². The summed E-state index contributed by atoms with van der Waals surface area (Å²) in [5, 5.41) is 0. The number of nitrogens with zero attached hydrogens (tertiary/aromatic N) is 1. The molecule has 3 heteroatoms. The summed E-state index contributed by atoms with van der Waals surface area (Å²) in [5.41, 5.74) is -0.733. The van der Waals surface area contributed by atoms with Crippen molar-refractivity contribution in [3.05, 3.63) is 0 Å². The van der Waals surface area contributed by atoms with Crippen molar-refractivity contribution in [3.8, 4) is 0 Å². The second-order valence-corrected chi connectivity index (χ2v) is 2.44. The van der Waals surface area contributed by atoms with E-state index in [0.29, 0.717) is 0 Å². The number of esters is 1. The number of aliphatic imine (C=N–C) groups is 1. The van der Waals surface area contributed by atoms with Gasteiger partial charge in [-0.05, 0) is 27.0 Å². The molecule has 58 valence electrons. The van der Waals surface area contributed by atoms with Crippen molar-refractivity contribution in [2.45, 2.75) is 26.3 Å². The Balaban J connectivity index is 4.24. The first-order valence-corrected chi connectivity index (χ1v) is 3.13. The summed E-state index contributed by atoms with van der Waals surface area (Å²) in [4.78, 5) is 14.8. The minimum Gasteiger partial charge on any atom is -0.467 e. The van der Waals surface area contributed by atoms with E-state index in [2.05, 4.69) is 9.73 Å². The van der Waals surface area contributed by atoms with Gasteiger partial charge < -0.3 is 4.74 Å². The number of methoxy groups -OCH3 is 1. The molecule has 0 atom stereocenters. The zero-order chi connectivity index (χ0) is 8.20. The summed E-state index contributed by atoms with van der Waals surface area (Å²) in [5.74, 6) is -0.314. The Morgan fingerprint density at radius 2 is 2.10 bits per heavy atom. The predicted octanol–water partition coefficient (Wildman–Crippen LogP) is 1.03. The minimum absolute atomic E-state index is 0.314. The van der Waals surface area contributed by atoms with Crippen LogP contribution in [0, 0.1) is 0 Å². The maximum absolute atomic E-state index is 10.9. The molecule has 0 fully saturated rings. The number of carbonyl (C=O) groups excluding carboxylic acids is 1. The van der Waals surface area contributed by atoms with Crippen LogP contribution in [0.15, 0.2) is 4.99 Å². The lowest BCUT2D eigenvalue weighted by Crippen LogP contribution is -2.30. The highest BCUT2D eigenvalue weighted by Crippen LogP contribution is 2.09. The van der Waals surface area contributed by atoms with Crippen molar-refractivity contribution in [1.82, 2.24) is 0 Å². The maximum Gasteiger partial charge on any atom is 0.333 e. The standard InChI is InChI=1S/C7H13NO2/c1-5-8-7(2,3)6(9)10-4/h5H,1-4H3. The summed E-state index contributed by atoms with van der Waals surface area (Å²) < 4.78 is 4.51. The third kappa shape index (κ3) is 2.17. The molecule has 0 heterocycles. The zero-order valence-electron chi connectivity index (χ0n) is 6.84. The first-order chi connectivity index (χ1) is 4.54. The normalized spacial score (nSPS) is 12.0. The fourth-order valence-corrected chi connectivity index (χ4v) is 0.625. The minimum atomic E-state index is -0.733. The number of hydrogen-bond acceptors (Lipinski definition) is 3. The van der Waals surface area contributed by atoms with Crippen LogP contribution in [0.3, 0.4) is 0 Å². The van der Waals surface area contributed by atoms with Gasteiger partial charge in [0.15, 0.2) is 5.54 Å². The van der Waals surface area contributed by atoms with Gasteiger partial charge in [0, 0.05) is 0 Å². The van der Waals surface area contributed by atoms with Crippen LogP contribution in [0.4, 0.5) is 0 Å². The maximum atomic E-state index is 10.9. The fourth-order valence-electron chi connectivity index (χ4n) is 0.625. The van der Waals surface area contributed by atoms with Crippen LogP contribution in [0.5, 0.6) is 0 Å². The lowest BCUT2D eigenvalue weighted by molar-refractivity contribution is -0.145. The molecule has 0 amide bonds. The second-order valence-electron chi connectivity index (χ2n) is 2.44. The second kappa shape index (κ2) is 3.34. The number of carbonyl (C=O) groups is 1. The molecule has 0 rings (SSSR count).